The number of halogens is 3. The number of rotatable bonds is 4. The van der Waals surface area contributed by atoms with Crippen molar-refractivity contribution in [3.05, 3.63) is 59.1 Å². The first kappa shape index (κ1) is 18.8. The van der Waals surface area contributed by atoms with E-state index in [0.717, 1.165) is 22.5 Å². The summed E-state index contributed by atoms with van der Waals surface area (Å²) in [5.74, 6) is -2.29. The average molecular weight is 401 g/mol. The van der Waals surface area contributed by atoms with E-state index in [9.17, 15) is 22.0 Å². The Morgan fingerprint density at radius 2 is 1.88 bits per heavy atom. The minimum absolute atomic E-state index is 0.0812. The van der Waals surface area contributed by atoms with Gasteiger partial charge in [-0.15, -0.1) is 0 Å². The van der Waals surface area contributed by atoms with Crippen LogP contribution in [-0.2, 0) is 14.8 Å². The molecule has 2 aromatic rings. The van der Waals surface area contributed by atoms with Crippen LogP contribution in [0.3, 0.4) is 0 Å². The molecule has 1 saturated heterocycles. The van der Waals surface area contributed by atoms with E-state index in [2.05, 4.69) is 5.32 Å². The Morgan fingerprint density at radius 3 is 2.58 bits per heavy atom. The van der Waals surface area contributed by atoms with Gasteiger partial charge in [-0.1, -0.05) is 23.7 Å². The summed E-state index contributed by atoms with van der Waals surface area (Å²) in [5, 5.41) is 2.55. The maximum Gasteiger partial charge on any atom is 0.246 e. The molecule has 1 atom stereocenters. The number of sulfonamides is 1. The summed E-state index contributed by atoms with van der Waals surface area (Å²) in [6, 6.07) is 7.67. The summed E-state index contributed by atoms with van der Waals surface area (Å²) in [5.41, 5.74) is -0.102. The van der Waals surface area contributed by atoms with Crippen molar-refractivity contribution in [2.75, 3.05) is 11.9 Å². The molecule has 1 unspecified atom stereocenters. The highest BCUT2D eigenvalue weighted by Crippen LogP contribution is 2.29. The maximum atomic E-state index is 13.9. The third kappa shape index (κ3) is 3.58. The largest absolute Gasteiger partial charge is 0.322 e. The molecule has 0 bridgehead atoms. The van der Waals surface area contributed by atoms with Gasteiger partial charge in [-0.3, -0.25) is 4.79 Å². The van der Waals surface area contributed by atoms with Gasteiger partial charge in [0.15, 0.2) is 0 Å². The zero-order valence-electron chi connectivity index (χ0n) is 13.5. The molecule has 0 saturated carbocycles. The zero-order chi connectivity index (χ0) is 18.9. The van der Waals surface area contributed by atoms with Gasteiger partial charge in [0.05, 0.1) is 5.69 Å². The first-order valence-corrected chi connectivity index (χ1v) is 9.65. The van der Waals surface area contributed by atoms with E-state index >= 15 is 0 Å². The van der Waals surface area contributed by atoms with E-state index in [-0.39, 0.29) is 23.7 Å². The molecular weight excluding hydrogens is 386 g/mol. The second-order valence-electron chi connectivity index (χ2n) is 5.82. The van der Waals surface area contributed by atoms with Crippen molar-refractivity contribution >= 4 is 33.2 Å². The van der Waals surface area contributed by atoms with Crippen LogP contribution in [0.15, 0.2) is 47.4 Å². The molecule has 1 aliphatic rings. The molecule has 9 heteroatoms. The molecule has 1 fully saturated rings. The van der Waals surface area contributed by atoms with E-state index in [0.29, 0.717) is 6.42 Å². The van der Waals surface area contributed by atoms with Crippen molar-refractivity contribution in [1.29, 1.82) is 0 Å². The highest BCUT2D eigenvalue weighted by molar-refractivity contribution is 7.89. The Hall–Kier alpha value is -2.03. The predicted octanol–water partition coefficient (Wildman–Crippen LogP) is 3.41. The van der Waals surface area contributed by atoms with Gasteiger partial charge in [0.1, 0.15) is 22.6 Å². The predicted molar refractivity (Wildman–Crippen MR) is 93.4 cm³/mol. The van der Waals surface area contributed by atoms with Crippen LogP contribution in [0, 0.1) is 11.6 Å². The van der Waals surface area contributed by atoms with Gasteiger partial charge in [0.2, 0.25) is 15.9 Å². The highest BCUT2D eigenvalue weighted by atomic mass is 35.5. The van der Waals surface area contributed by atoms with E-state index in [1.807, 2.05) is 0 Å². The molecule has 0 aliphatic carbocycles. The van der Waals surface area contributed by atoms with Crippen LogP contribution in [-0.4, -0.2) is 31.2 Å². The summed E-state index contributed by atoms with van der Waals surface area (Å²) in [7, 11) is -4.19. The number of nitrogens with one attached hydrogen (secondary N) is 1. The number of amides is 1. The van der Waals surface area contributed by atoms with Crippen LogP contribution in [0.25, 0.3) is 0 Å². The van der Waals surface area contributed by atoms with Crippen molar-refractivity contribution in [3.8, 4) is 0 Å². The topological polar surface area (TPSA) is 66.5 Å². The average Bonchev–Trinajstić information content (AvgIpc) is 3.08. The molecule has 0 radical (unpaired) electrons. The summed E-state index contributed by atoms with van der Waals surface area (Å²) in [6.45, 7) is 0.0812. The van der Waals surface area contributed by atoms with Gasteiger partial charge >= 0.3 is 0 Å². The molecule has 0 aromatic heterocycles. The minimum Gasteiger partial charge on any atom is -0.322 e. The summed E-state index contributed by atoms with van der Waals surface area (Å²) < 4.78 is 54.3. The number of carbonyl (C=O) groups excluding carboxylic acids is 1. The number of hydrogen-bond donors (Lipinski definition) is 1. The van der Waals surface area contributed by atoms with Crippen LogP contribution in [0.4, 0.5) is 14.5 Å². The normalized spacial score (nSPS) is 18.0. The molecule has 1 amide bonds. The monoisotopic (exact) mass is 400 g/mol. The standard InChI is InChI=1S/C17H15ClF2N2O3S/c18-11-7-8-14(13(20)10-11)21-17(23)15-5-3-9-22(15)26(24,25)16-6-2-1-4-12(16)19/h1-2,4,6-8,10,15H,3,5,9H2,(H,21,23). The summed E-state index contributed by atoms with van der Waals surface area (Å²) in [6.07, 6.45) is 0.698. The lowest BCUT2D eigenvalue weighted by Crippen LogP contribution is -2.43. The fourth-order valence-electron chi connectivity index (χ4n) is 2.88. The van der Waals surface area contributed by atoms with E-state index < -0.39 is 38.5 Å². The molecule has 1 heterocycles. The van der Waals surface area contributed by atoms with Gasteiger partial charge in [-0.25, -0.2) is 17.2 Å². The van der Waals surface area contributed by atoms with Gasteiger partial charge in [-0.05, 0) is 43.2 Å². The zero-order valence-corrected chi connectivity index (χ0v) is 15.0. The smallest absolute Gasteiger partial charge is 0.246 e. The third-order valence-corrected chi connectivity index (χ3v) is 6.30. The Labute approximate surface area is 154 Å². The Balaban J connectivity index is 1.86. The molecule has 5 nitrogen and oxygen atoms in total. The summed E-state index contributed by atoms with van der Waals surface area (Å²) >= 11 is 5.67. The fraction of sp³-hybridized carbons (Fsp3) is 0.235. The van der Waals surface area contributed by atoms with Crippen molar-refractivity contribution in [2.45, 2.75) is 23.8 Å². The molecule has 2 aromatic carbocycles. The van der Waals surface area contributed by atoms with E-state index in [1.54, 1.807) is 0 Å². The fourth-order valence-corrected chi connectivity index (χ4v) is 4.76. The lowest BCUT2D eigenvalue weighted by atomic mass is 10.2. The quantitative estimate of drug-likeness (QED) is 0.855. The number of benzene rings is 2. The lowest BCUT2D eigenvalue weighted by molar-refractivity contribution is -0.119. The molecule has 1 aliphatic heterocycles. The molecule has 138 valence electrons. The van der Waals surface area contributed by atoms with Gasteiger partial charge in [-0.2, -0.15) is 4.31 Å². The van der Waals surface area contributed by atoms with Crippen LogP contribution < -0.4 is 5.32 Å². The first-order chi connectivity index (χ1) is 12.3. The minimum atomic E-state index is -4.19. The van der Waals surface area contributed by atoms with Gasteiger partial charge in [0, 0.05) is 11.6 Å². The number of anilines is 1. The van der Waals surface area contributed by atoms with E-state index in [1.165, 1.54) is 24.3 Å². The second kappa shape index (κ2) is 7.30. The second-order valence-corrected chi connectivity index (χ2v) is 8.11. The molecule has 26 heavy (non-hydrogen) atoms. The Kier molecular flexibility index (Phi) is 5.27. The van der Waals surface area contributed by atoms with Gasteiger partial charge in [0.25, 0.3) is 0 Å². The summed E-state index contributed by atoms with van der Waals surface area (Å²) in [4.78, 5) is 12.0. The number of carbonyl (C=O) groups is 1. The van der Waals surface area contributed by atoms with Crippen LogP contribution in [0.2, 0.25) is 5.02 Å². The molecular formula is C17H15ClF2N2O3S. The van der Waals surface area contributed by atoms with Crippen molar-refractivity contribution < 1.29 is 22.0 Å². The number of nitrogens with zero attached hydrogens (tertiary/aromatic N) is 1. The number of hydrogen-bond acceptors (Lipinski definition) is 3. The van der Waals surface area contributed by atoms with Crippen molar-refractivity contribution in [2.24, 2.45) is 0 Å². The molecule has 0 spiro atoms. The van der Waals surface area contributed by atoms with Crippen LogP contribution >= 0.6 is 11.6 Å². The lowest BCUT2D eigenvalue weighted by Gasteiger charge is -2.23. The Morgan fingerprint density at radius 1 is 1.15 bits per heavy atom. The highest BCUT2D eigenvalue weighted by Gasteiger charge is 2.40. The first-order valence-electron chi connectivity index (χ1n) is 7.83. The van der Waals surface area contributed by atoms with Gasteiger partial charge < -0.3 is 5.32 Å². The van der Waals surface area contributed by atoms with Crippen LogP contribution in [0.1, 0.15) is 12.8 Å². The maximum absolute atomic E-state index is 13.9. The van der Waals surface area contributed by atoms with Crippen LogP contribution in [0.5, 0.6) is 0 Å². The third-order valence-electron chi connectivity index (χ3n) is 4.12. The van der Waals surface area contributed by atoms with Crippen molar-refractivity contribution in [1.82, 2.24) is 4.31 Å². The molecule has 1 N–H and O–H groups in total. The molecule has 3 rings (SSSR count). The Bertz CT molecular complexity index is 953. The SMILES string of the molecule is O=C(Nc1ccc(Cl)cc1F)C1CCCN1S(=O)(=O)c1ccccc1F. The van der Waals surface area contributed by atoms with Crippen molar-refractivity contribution in [3.63, 3.8) is 0 Å². The van der Waals surface area contributed by atoms with E-state index in [4.69, 9.17) is 11.6 Å².